The molecule has 0 bridgehead atoms. The van der Waals surface area contributed by atoms with Crippen molar-refractivity contribution in [1.82, 2.24) is 9.97 Å². The summed E-state index contributed by atoms with van der Waals surface area (Å²) in [6.45, 7) is 0. The van der Waals surface area contributed by atoms with Crippen LogP contribution in [-0.2, 0) is 5.41 Å². The number of benzene rings is 10. The van der Waals surface area contributed by atoms with Gasteiger partial charge in [-0.3, -0.25) is 0 Å². The molecule has 0 radical (unpaired) electrons. The fourth-order valence-corrected chi connectivity index (χ4v) is 10.9. The van der Waals surface area contributed by atoms with E-state index < -0.39 is 5.41 Å². The van der Waals surface area contributed by atoms with Crippen molar-refractivity contribution in [3.63, 3.8) is 0 Å². The number of fused-ring (bicyclic) bond motifs is 11. The van der Waals surface area contributed by atoms with Gasteiger partial charge in [0.2, 0.25) is 0 Å². The molecule has 0 aliphatic heterocycles. The van der Waals surface area contributed by atoms with Crippen molar-refractivity contribution in [3.8, 4) is 89.5 Å². The Morgan fingerprint density at radius 2 is 0.692 bits per heavy atom. The van der Waals surface area contributed by atoms with Crippen LogP contribution in [0.25, 0.3) is 100 Å². The molecule has 1 heterocycles. The summed E-state index contributed by atoms with van der Waals surface area (Å²) in [7, 11) is 0. The van der Waals surface area contributed by atoms with Crippen molar-refractivity contribution in [2.24, 2.45) is 0 Å². The second-order valence-electron chi connectivity index (χ2n) is 17.2. The van der Waals surface area contributed by atoms with E-state index in [1.807, 2.05) is 12.1 Å². The summed E-state index contributed by atoms with van der Waals surface area (Å²) in [6.07, 6.45) is 0. The van der Waals surface area contributed by atoms with E-state index in [4.69, 9.17) is 9.97 Å². The van der Waals surface area contributed by atoms with E-state index in [1.54, 1.807) is 0 Å². The van der Waals surface area contributed by atoms with Gasteiger partial charge >= 0.3 is 0 Å². The molecule has 302 valence electrons. The van der Waals surface area contributed by atoms with Gasteiger partial charge in [0, 0.05) is 16.7 Å². The molecular weight excluding hydrogens is 785 g/mol. The Hall–Kier alpha value is -8.46. The zero-order valence-corrected chi connectivity index (χ0v) is 35.5. The Labute approximate surface area is 378 Å². The minimum Gasteiger partial charge on any atom is -0.228 e. The molecule has 10 aromatic carbocycles. The fourth-order valence-electron chi connectivity index (χ4n) is 10.9. The summed E-state index contributed by atoms with van der Waals surface area (Å²) in [6, 6.07) is 88.4. The Morgan fingerprint density at radius 3 is 1.32 bits per heavy atom. The van der Waals surface area contributed by atoms with Gasteiger partial charge in [-0.1, -0.05) is 212 Å². The largest absolute Gasteiger partial charge is 0.228 e. The molecule has 0 saturated carbocycles. The summed E-state index contributed by atoms with van der Waals surface area (Å²) < 4.78 is 0. The van der Waals surface area contributed by atoms with Crippen molar-refractivity contribution in [2.45, 2.75) is 5.41 Å². The van der Waals surface area contributed by atoms with E-state index in [-0.39, 0.29) is 0 Å². The van der Waals surface area contributed by atoms with Crippen LogP contribution in [0.15, 0.2) is 243 Å². The highest BCUT2D eigenvalue weighted by Crippen LogP contribution is 2.64. The quantitative estimate of drug-likeness (QED) is 0.167. The molecule has 0 amide bonds. The third-order valence-corrected chi connectivity index (χ3v) is 13.7. The molecule has 2 aliphatic rings. The van der Waals surface area contributed by atoms with Gasteiger partial charge in [0.05, 0.1) is 16.8 Å². The van der Waals surface area contributed by atoms with Crippen molar-refractivity contribution < 1.29 is 0 Å². The number of hydrogen-bond donors (Lipinski definition) is 0. The summed E-state index contributed by atoms with van der Waals surface area (Å²) in [4.78, 5) is 10.4. The summed E-state index contributed by atoms with van der Waals surface area (Å²) >= 11 is 0. The van der Waals surface area contributed by atoms with Gasteiger partial charge < -0.3 is 0 Å². The highest BCUT2D eigenvalue weighted by atomic mass is 14.9. The lowest BCUT2D eigenvalue weighted by molar-refractivity contribution is 0.794. The van der Waals surface area contributed by atoms with Crippen LogP contribution in [0.3, 0.4) is 0 Å². The van der Waals surface area contributed by atoms with Crippen LogP contribution < -0.4 is 0 Å². The van der Waals surface area contributed by atoms with E-state index in [0.29, 0.717) is 5.82 Å². The Kier molecular flexibility index (Phi) is 8.47. The lowest BCUT2D eigenvalue weighted by Gasteiger charge is -2.31. The summed E-state index contributed by atoms with van der Waals surface area (Å²) in [5.41, 5.74) is 22.0. The highest BCUT2D eigenvalue weighted by Gasteiger charge is 2.51. The fraction of sp³-hybridized carbons (Fsp3) is 0.0159. The average Bonchev–Trinajstić information content (AvgIpc) is 3.85. The predicted octanol–water partition coefficient (Wildman–Crippen LogP) is 16.0. The Bertz CT molecular complexity index is 3550. The molecule has 1 aromatic heterocycles. The monoisotopic (exact) mass is 824 g/mol. The van der Waals surface area contributed by atoms with Crippen LogP contribution in [0.1, 0.15) is 22.3 Å². The van der Waals surface area contributed by atoms with Crippen molar-refractivity contribution >= 4 is 10.8 Å². The maximum Gasteiger partial charge on any atom is 0.160 e. The van der Waals surface area contributed by atoms with Crippen LogP contribution in [-0.4, -0.2) is 9.97 Å². The Balaban J connectivity index is 1.02. The molecule has 0 saturated heterocycles. The lowest BCUT2D eigenvalue weighted by atomic mass is 9.70. The molecule has 0 unspecified atom stereocenters. The second kappa shape index (κ2) is 14.8. The number of hydrogen-bond acceptors (Lipinski definition) is 2. The number of rotatable bonds is 6. The first-order valence-electron chi connectivity index (χ1n) is 22.4. The van der Waals surface area contributed by atoms with Crippen molar-refractivity contribution in [2.75, 3.05) is 0 Å². The third-order valence-electron chi connectivity index (χ3n) is 13.7. The van der Waals surface area contributed by atoms with Gasteiger partial charge in [0.15, 0.2) is 5.82 Å². The van der Waals surface area contributed by atoms with Crippen LogP contribution in [0, 0.1) is 0 Å². The van der Waals surface area contributed by atoms with E-state index in [2.05, 4.69) is 231 Å². The van der Waals surface area contributed by atoms with Crippen molar-refractivity contribution in [3.05, 3.63) is 265 Å². The first-order valence-corrected chi connectivity index (χ1v) is 22.4. The highest BCUT2D eigenvalue weighted by molar-refractivity contribution is 6.04. The summed E-state index contributed by atoms with van der Waals surface area (Å²) in [5, 5.41) is 2.47. The zero-order chi connectivity index (χ0) is 42.9. The van der Waals surface area contributed by atoms with Gasteiger partial charge in [0.1, 0.15) is 0 Å². The normalized spacial score (nSPS) is 12.7. The average molecular weight is 825 g/mol. The Morgan fingerprint density at radius 1 is 0.246 bits per heavy atom. The molecule has 0 atom stereocenters. The van der Waals surface area contributed by atoms with Crippen LogP contribution in [0.5, 0.6) is 0 Å². The minimum atomic E-state index is -0.454. The molecular formula is C63H40N2. The van der Waals surface area contributed by atoms with E-state index >= 15 is 0 Å². The molecule has 0 fully saturated rings. The lowest BCUT2D eigenvalue weighted by Crippen LogP contribution is -2.25. The zero-order valence-electron chi connectivity index (χ0n) is 35.5. The second-order valence-corrected chi connectivity index (χ2v) is 17.2. The molecule has 2 aliphatic carbocycles. The molecule has 11 aromatic rings. The molecule has 2 heteroatoms. The maximum atomic E-state index is 5.18. The molecule has 65 heavy (non-hydrogen) atoms. The molecule has 13 rings (SSSR count). The summed E-state index contributed by atoms with van der Waals surface area (Å²) in [5.74, 6) is 0.696. The first-order chi connectivity index (χ1) is 32.2. The van der Waals surface area contributed by atoms with E-state index in [9.17, 15) is 0 Å². The smallest absolute Gasteiger partial charge is 0.160 e. The van der Waals surface area contributed by atoms with Crippen LogP contribution >= 0.6 is 0 Å². The van der Waals surface area contributed by atoms with E-state index in [1.165, 1.54) is 72.0 Å². The van der Waals surface area contributed by atoms with E-state index in [0.717, 1.165) is 44.8 Å². The van der Waals surface area contributed by atoms with Gasteiger partial charge in [-0.15, -0.1) is 0 Å². The standard InChI is InChI=1S/C63H40N2/c1-3-19-42(20-4-1)60-40-61(43-21-5-2-6-22-43)65-62(64-60)47-27-16-25-45(37-47)44-24-15-26-46(36-44)53-39-59-55(38-54(53)49-32-17-23-41-18-7-8-28-48(41)49)52-31-11-14-35-58(52)63(59)56-33-12-9-29-50(56)51-30-10-13-34-57(51)63/h1-40H. The third kappa shape index (κ3) is 5.81. The number of aromatic nitrogens is 2. The van der Waals surface area contributed by atoms with Crippen LogP contribution in [0.4, 0.5) is 0 Å². The van der Waals surface area contributed by atoms with Gasteiger partial charge in [-0.2, -0.15) is 0 Å². The van der Waals surface area contributed by atoms with Gasteiger partial charge in [-0.25, -0.2) is 9.97 Å². The number of nitrogens with zero attached hydrogens (tertiary/aromatic N) is 2. The molecule has 0 N–H and O–H groups in total. The maximum absolute atomic E-state index is 5.18. The van der Waals surface area contributed by atoms with Crippen molar-refractivity contribution in [1.29, 1.82) is 0 Å². The van der Waals surface area contributed by atoms with Gasteiger partial charge in [-0.05, 0) is 119 Å². The molecule has 1 spiro atoms. The SMILES string of the molecule is c1ccc(-c2cc(-c3ccccc3)nc(-c3cccc(-c4cccc(-c5cc6c(cc5-c5cccc7ccccc57)-c5ccccc5C65c6ccccc6-c6ccccc65)c4)c3)n2)cc1. The first kappa shape index (κ1) is 37.1. The van der Waals surface area contributed by atoms with Gasteiger partial charge in [0.25, 0.3) is 0 Å². The topological polar surface area (TPSA) is 25.8 Å². The minimum absolute atomic E-state index is 0.454. The predicted molar refractivity (Wildman–Crippen MR) is 268 cm³/mol. The molecule has 2 nitrogen and oxygen atoms in total. The van der Waals surface area contributed by atoms with Crippen LogP contribution in [0.2, 0.25) is 0 Å².